The summed E-state index contributed by atoms with van der Waals surface area (Å²) < 4.78 is 43.9. The summed E-state index contributed by atoms with van der Waals surface area (Å²) in [6.45, 7) is 2.79. The quantitative estimate of drug-likeness (QED) is 0.817. The number of nitrogens with two attached hydrogens (primary N) is 1. The number of fused-ring (bicyclic) bond motifs is 2. The van der Waals surface area contributed by atoms with Crippen molar-refractivity contribution in [2.75, 3.05) is 5.32 Å². The van der Waals surface area contributed by atoms with Crippen molar-refractivity contribution in [1.29, 1.82) is 0 Å². The third-order valence-corrected chi connectivity index (χ3v) is 6.04. The highest BCUT2D eigenvalue weighted by atomic mass is 32.1. The summed E-state index contributed by atoms with van der Waals surface area (Å²) in [4.78, 5) is 20.3. The largest absolute Gasteiger partial charge is 0.385 e. The molecule has 0 saturated carbocycles. The van der Waals surface area contributed by atoms with E-state index in [9.17, 15) is 18.0 Å². The Balaban J connectivity index is 1.68. The van der Waals surface area contributed by atoms with Gasteiger partial charge in [0.15, 0.2) is 16.2 Å². The van der Waals surface area contributed by atoms with E-state index in [-0.39, 0.29) is 17.0 Å². The van der Waals surface area contributed by atoms with Gasteiger partial charge in [0, 0.05) is 23.2 Å². The summed E-state index contributed by atoms with van der Waals surface area (Å²) in [5.41, 5.74) is 3.43. The maximum Gasteiger partial charge on any atom is 0.284 e. The average Bonchev–Trinajstić information content (AvgIpc) is 2.98. The molecule has 0 saturated heterocycles. The first-order valence-corrected chi connectivity index (χ1v) is 9.21. The van der Waals surface area contributed by atoms with E-state index in [1.165, 1.54) is 17.4 Å². The number of anilines is 1. The van der Waals surface area contributed by atoms with Crippen LogP contribution in [0.25, 0.3) is 0 Å². The van der Waals surface area contributed by atoms with Gasteiger partial charge in [0.1, 0.15) is 5.84 Å². The number of carbonyl (C=O) groups excluding carboxylic acids is 1. The van der Waals surface area contributed by atoms with Crippen LogP contribution in [0.5, 0.6) is 0 Å². The molecule has 2 aliphatic rings. The molecule has 5 nitrogen and oxygen atoms in total. The van der Waals surface area contributed by atoms with Crippen molar-refractivity contribution in [2.45, 2.75) is 43.8 Å². The van der Waals surface area contributed by atoms with Crippen molar-refractivity contribution in [3.05, 3.63) is 45.4 Å². The number of hydrogen-bond acceptors (Lipinski definition) is 5. The second-order valence-electron chi connectivity index (χ2n) is 7.23. The SMILES string of the molecule is Cc1csc(C(=O)Nc2ccc3c(c2)[C@@]2(C3)N=C(N)[C@](C)(F)CC2(F)F)n1. The molecule has 0 fully saturated rings. The lowest BCUT2D eigenvalue weighted by atomic mass is 9.63. The van der Waals surface area contributed by atoms with Gasteiger partial charge >= 0.3 is 0 Å². The van der Waals surface area contributed by atoms with Crippen LogP contribution in [0.3, 0.4) is 0 Å². The maximum atomic E-state index is 14.8. The number of thiazole rings is 1. The molecule has 4 rings (SSSR count). The fourth-order valence-electron chi connectivity index (χ4n) is 3.58. The highest BCUT2D eigenvalue weighted by Crippen LogP contribution is 2.57. The molecule has 1 amide bonds. The zero-order valence-corrected chi connectivity index (χ0v) is 15.5. The van der Waals surface area contributed by atoms with Crippen molar-refractivity contribution in [3.8, 4) is 0 Å². The number of amidine groups is 1. The molecular formula is C18H17F3N4OS. The van der Waals surface area contributed by atoms with Gasteiger partial charge in [-0.25, -0.2) is 18.2 Å². The zero-order chi connectivity index (χ0) is 19.6. The van der Waals surface area contributed by atoms with Crippen molar-refractivity contribution < 1.29 is 18.0 Å². The lowest BCUT2D eigenvalue weighted by molar-refractivity contribution is -0.120. The zero-order valence-electron chi connectivity index (χ0n) is 14.6. The van der Waals surface area contributed by atoms with Gasteiger partial charge in [0.05, 0.1) is 6.42 Å². The number of halogens is 3. The van der Waals surface area contributed by atoms with Crippen molar-refractivity contribution >= 4 is 28.8 Å². The number of rotatable bonds is 2. The third-order valence-electron chi connectivity index (χ3n) is 5.08. The lowest BCUT2D eigenvalue weighted by Crippen LogP contribution is -2.61. The minimum atomic E-state index is -3.39. The number of aromatic nitrogens is 1. The van der Waals surface area contributed by atoms with Crippen LogP contribution >= 0.6 is 11.3 Å². The molecule has 2 atom stereocenters. The number of nitrogens with zero attached hydrogens (tertiary/aromatic N) is 2. The van der Waals surface area contributed by atoms with Crippen LogP contribution < -0.4 is 11.1 Å². The van der Waals surface area contributed by atoms with Gasteiger partial charge in [0.2, 0.25) is 0 Å². The molecule has 2 aromatic rings. The molecule has 3 N–H and O–H groups in total. The van der Waals surface area contributed by atoms with Gasteiger partial charge in [-0.2, -0.15) is 0 Å². The number of amides is 1. The van der Waals surface area contributed by atoms with Crippen molar-refractivity contribution in [1.82, 2.24) is 4.98 Å². The second kappa shape index (κ2) is 5.54. The summed E-state index contributed by atoms with van der Waals surface area (Å²) in [5, 5.41) is 4.69. The van der Waals surface area contributed by atoms with E-state index in [2.05, 4.69) is 15.3 Å². The van der Waals surface area contributed by atoms with Gasteiger partial charge in [0.25, 0.3) is 11.8 Å². The summed E-state index contributed by atoms with van der Waals surface area (Å²) in [7, 11) is 0. The molecular weight excluding hydrogens is 377 g/mol. The minimum Gasteiger partial charge on any atom is -0.385 e. The van der Waals surface area contributed by atoms with E-state index in [1.54, 1.807) is 24.4 Å². The van der Waals surface area contributed by atoms with Crippen LogP contribution in [0.1, 0.15) is 40.0 Å². The van der Waals surface area contributed by atoms with Crippen LogP contribution in [0, 0.1) is 6.92 Å². The van der Waals surface area contributed by atoms with Gasteiger partial charge in [-0.05, 0) is 37.1 Å². The molecule has 1 aliphatic carbocycles. The molecule has 2 heterocycles. The smallest absolute Gasteiger partial charge is 0.284 e. The number of nitrogens with one attached hydrogen (secondary N) is 1. The van der Waals surface area contributed by atoms with Crippen molar-refractivity contribution in [2.24, 2.45) is 10.7 Å². The Labute approximate surface area is 157 Å². The Hall–Kier alpha value is -2.42. The molecule has 142 valence electrons. The minimum absolute atomic E-state index is 0.0218. The van der Waals surface area contributed by atoms with Gasteiger partial charge in [-0.3, -0.25) is 9.79 Å². The molecule has 1 aromatic heterocycles. The van der Waals surface area contributed by atoms with Gasteiger partial charge < -0.3 is 11.1 Å². The fraction of sp³-hybridized carbons (Fsp3) is 0.389. The average molecular weight is 394 g/mol. The van der Waals surface area contributed by atoms with Crippen LogP contribution in [-0.2, 0) is 12.0 Å². The number of aliphatic imine (C=N–C) groups is 1. The summed E-state index contributed by atoms with van der Waals surface area (Å²) in [6.07, 6.45) is -1.05. The number of benzene rings is 1. The van der Waals surface area contributed by atoms with E-state index in [0.717, 1.165) is 12.6 Å². The normalized spacial score (nSPS) is 28.3. The topological polar surface area (TPSA) is 80.4 Å². The van der Waals surface area contributed by atoms with Crippen LogP contribution in [0.4, 0.5) is 18.9 Å². The number of aryl methyl sites for hydroxylation is 1. The molecule has 27 heavy (non-hydrogen) atoms. The third kappa shape index (κ3) is 2.63. The first-order chi connectivity index (χ1) is 12.5. The lowest BCUT2D eigenvalue weighted by Gasteiger charge is -2.50. The monoisotopic (exact) mass is 394 g/mol. The first kappa shape index (κ1) is 18.0. The molecule has 0 bridgehead atoms. The number of carbonyl (C=O) groups is 1. The predicted octanol–water partition coefficient (Wildman–Crippen LogP) is 3.58. The van der Waals surface area contributed by atoms with Gasteiger partial charge in [-0.15, -0.1) is 11.3 Å². The highest BCUT2D eigenvalue weighted by molar-refractivity contribution is 7.11. The predicted molar refractivity (Wildman–Crippen MR) is 97.3 cm³/mol. The van der Waals surface area contributed by atoms with Crippen LogP contribution in [0.2, 0.25) is 0 Å². The van der Waals surface area contributed by atoms with Gasteiger partial charge in [-0.1, -0.05) is 6.07 Å². The summed E-state index contributed by atoms with van der Waals surface area (Å²) in [5.74, 6) is -4.23. The van der Waals surface area contributed by atoms with E-state index in [0.29, 0.717) is 11.3 Å². The Bertz CT molecular complexity index is 985. The van der Waals surface area contributed by atoms with E-state index < -0.39 is 35.3 Å². The number of alkyl halides is 3. The summed E-state index contributed by atoms with van der Waals surface area (Å²) >= 11 is 1.20. The van der Waals surface area contributed by atoms with E-state index in [4.69, 9.17) is 5.73 Å². The van der Waals surface area contributed by atoms with Crippen LogP contribution in [0.15, 0.2) is 28.6 Å². The standard InChI is InChI=1S/C18H17F3N4OS/c1-9-7-27-14(23-9)13(26)24-11-4-3-10-6-17(12(10)5-11)18(20,21)8-16(2,19)15(22)25-17/h3-5,7H,6,8H2,1-2H3,(H2,22,25)(H,24,26)/t16-,17-/m1/s1. The Morgan fingerprint density at radius 1 is 1.33 bits per heavy atom. The summed E-state index contributed by atoms with van der Waals surface area (Å²) in [6, 6.07) is 4.76. The van der Waals surface area contributed by atoms with E-state index in [1.807, 2.05) is 0 Å². The second-order valence-corrected chi connectivity index (χ2v) is 8.09. The molecule has 1 spiro atoms. The molecule has 0 unspecified atom stereocenters. The van der Waals surface area contributed by atoms with Crippen LogP contribution in [-0.4, -0.2) is 28.3 Å². The number of hydrogen-bond donors (Lipinski definition) is 2. The highest BCUT2D eigenvalue weighted by Gasteiger charge is 2.66. The van der Waals surface area contributed by atoms with Crippen molar-refractivity contribution in [3.63, 3.8) is 0 Å². The molecule has 0 radical (unpaired) electrons. The molecule has 1 aliphatic heterocycles. The molecule has 1 aromatic carbocycles. The Kier molecular flexibility index (Phi) is 3.69. The fourth-order valence-corrected chi connectivity index (χ4v) is 4.27. The Morgan fingerprint density at radius 2 is 2.07 bits per heavy atom. The van der Waals surface area contributed by atoms with E-state index >= 15 is 0 Å². The first-order valence-electron chi connectivity index (χ1n) is 8.33. The Morgan fingerprint density at radius 3 is 2.74 bits per heavy atom. The molecule has 9 heteroatoms. The maximum absolute atomic E-state index is 14.8.